The van der Waals surface area contributed by atoms with E-state index in [9.17, 15) is 9.90 Å². The van der Waals surface area contributed by atoms with Crippen molar-refractivity contribution in [1.82, 2.24) is 10.6 Å². The predicted molar refractivity (Wildman–Crippen MR) is 73.4 cm³/mol. The maximum absolute atomic E-state index is 11.8. The van der Waals surface area contributed by atoms with Crippen LogP contribution >= 0.6 is 0 Å². The number of nitrogens with one attached hydrogen (secondary N) is 2. The van der Waals surface area contributed by atoms with Crippen molar-refractivity contribution in [3.05, 3.63) is 12.7 Å². The number of amides is 2. The second kappa shape index (κ2) is 6.78. The van der Waals surface area contributed by atoms with Gasteiger partial charge in [0.25, 0.3) is 0 Å². The molecule has 0 bridgehead atoms. The van der Waals surface area contributed by atoms with Crippen molar-refractivity contribution in [2.45, 2.75) is 57.5 Å². The molecule has 1 aliphatic rings. The first-order chi connectivity index (χ1) is 8.51. The number of aliphatic hydroxyl groups is 1. The van der Waals surface area contributed by atoms with Crippen LogP contribution in [0, 0.1) is 5.92 Å². The molecule has 0 saturated heterocycles. The van der Waals surface area contributed by atoms with Crippen molar-refractivity contribution in [1.29, 1.82) is 0 Å². The monoisotopic (exact) mass is 254 g/mol. The largest absolute Gasteiger partial charge is 0.394 e. The molecule has 0 aliphatic heterocycles. The van der Waals surface area contributed by atoms with Crippen LogP contribution in [0.2, 0.25) is 0 Å². The van der Waals surface area contributed by atoms with Gasteiger partial charge in [0, 0.05) is 6.04 Å². The quantitative estimate of drug-likeness (QED) is 0.459. The lowest BCUT2D eigenvalue weighted by Gasteiger charge is -2.29. The first kappa shape index (κ1) is 15.0. The van der Waals surface area contributed by atoms with Crippen LogP contribution in [0.4, 0.5) is 4.79 Å². The summed E-state index contributed by atoms with van der Waals surface area (Å²) < 4.78 is 0. The second-order valence-corrected chi connectivity index (χ2v) is 5.57. The molecule has 3 N–H and O–H groups in total. The minimum Gasteiger partial charge on any atom is -0.394 e. The predicted octanol–water partition coefficient (Wildman–Crippen LogP) is 2.19. The van der Waals surface area contributed by atoms with Crippen LogP contribution in [0.1, 0.15) is 46.0 Å². The molecule has 0 aromatic heterocycles. The van der Waals surface area contributed by atoms with Gasteiger partial charge in [0.15, 0.2) is 0 Å². The summed E-state index contributed by atoms with van der Waals surface area (Å²) in [6, 6.07) is -0.0309. The Morgan fingerprint density at radius 2 is 2.28 bits per heavy atom. The number of carbonyl (C=O) groups is 1. The standard InChI is InChI=1S/C14H26N2O2/c1-4-5-6-7-11(2)15-13(18)16-14(3,10-17)12-8-9-12/h4,11-12,17H,1,5-10H2,2-3H3,(H2,15,16,18). The molecular formula is C14H26N2O2. The summed E-state index contributed by atoms with van der Waals surface area (Å²) in [6.45, 7) is 7.58. The van der Waals surface area contributed by atoms with Crippen molar-refractivity contribution in [2.75, 3.05) is 6.61 Å². The highest BCUT2D eigenvalue weighted by molar-refractivity contribution is 5.75. The number of hydrogen-bond donors (Lipinski definition) is 3. The van der Waals surface area contributed by atoms with Crippen molar-refractivity contribution < 1.29 is 9.90 Å². The Hall–Kier alpha value is -1.03. The minimum absolute atomic E-state index is 0.00404. The maximum atomic E-state index is 11.8. The van der Waals surface area contributed by atoms with Crippen LogP contribution in [-0.2, 0) is 0 Å². The molecule has 0 aromatic carbocycles. The highest BCUT2D eigenvalue weighted by atomic mass is 16.3. The molecule has 1 aliphatic carbocycles. The Morgan fingerprint density at radius 1 is 1.61 bits per heavy atom. The molecule has 0 aromatic rings. The number of unbranched alkanes of at least 4 members (excludes halogenated alkanes) is 1. The lowest BCUT2D eigenvalue weighted by molar-refractivity contribution is 0.154. The van der Waals surface area contributed by atoms with Crippen LogP contribution < -0.4 is 10.6 Å². The third-order valence-corrected chi connectivity index (χ3v) is 3.63. The van der Waals surface area contributed by atoms with E-state index >= 15 is 0 Å². The zero-order valence-electron chi connectivity index (χ0n) is 11.5. The Balaban J connectivity index is 2.29. The van der Waals surface area contributed by atoms with Crippen molar-refractivity contribution in [3.63, 3.8) is 0 Å². The second-order valence-electron chi connectivity index (χ2n) is 5.57. The van der Waals surface area contributed by atoms with Crippen LogP contribution in [0.3, 0.4) is 0 Å². The minimum atomic E-state index is -0.467. The lowest BCUT2D eigenvalue weighted by Crippen LogP contribution is -2.55. The summed E-state index contributed by atoms with van der Waals surface area (Å²) >= 11 is 0. The highest BCUT2D eigenvalue weighted by Gasteiger charge is 2.42. The number of hydrogen-bond acceptors (Lipinski definition) is 2. The van der Waals surface area contributed by atoms with E-state index in [-0.39, 0.29) is 18.7 Å². The molecule has 1 rings (SSSR count). The number of carbonyl (C=O) groups excluding carboxylic acids is 1. The molecule has 2 unspecified atom stereocenters. The molecule has 4 nitrogen and oxygen atoms in total. The first-order valence-corrected chi connectivity index (χ1v) is 6.82. The van der Waals surface area contributed by atoms with Gasteiger partial charge >= 0.3 is 6.03 Å². The molecule has 0 heterocycles. The van der Waals surface area contributed by atoms with E-state index < -0.39 is 5.54 Å². The van der Waals surface area contributed by atoms with Crippen molar-refractivity contribution in [2.24, 2.45) is 5.92 Å². The highest BCUT2D eigenvalue weighted by Crippen LogP contribution is 2.39. The fourth-order valence-electron chi connectivity index (χ4n) is 2.15. The van der Waals surface area contributed by atoms with E-state index in [2.05, 4.69) is 17.2 Å². The summed E-state index contributed by atoms with van der Waals surface area (Å²) in [6.07, 6.45) is 7.02. The van der Waals surface area contributed by atoms with Gasteiger partial charge in [0.05, 0.1) is 12.1 Å². The van der Waals surface area contributed by atoms with E-state index in [0.717, 1.165) is 32.1 Å². The first-order valence-electron chi connectivity index (χ1n) is 6.82. The van der Waals surface area contributed by atoms with E-state index in [1.165, 1.54) is 0 Å². The van der Waals surface area contributed by atoms with Crippen molar-refractivity contribution in [3.8, 4) is 0 Å². The molecule has 0 spiro atoms. The van der Waals surface area contributed by atoms with Gasteiger partial charge < -0.3 is 15.7 Å². The molecule has 4 heteroatoms. The lowest BCUT2D eigenvalue weighted by atomic mass is 9.97. The van der Waals surface area contributed by atoms with Gasteiger partial charge in [-0.3, -0.25) is 0 Å². The molecule has 104 valence electrons. The molecular weight excluding hydrogens is 228 g/mol. The maximum Gasteiger partial charge on any atom is 0.315 e. The van der Waals surface area contributed by atoms with Crippen LogP contribution in [-0.4, -0.2) is 29.3 Å². The summed E-state index contributed by atoms with van der Waals surface area (Å²) in [5.74, 6) is 0.421. The summed E-state index contributed by atoms with van der Waals surface area (Å²) in [5.41, 5.74) is -0.467. The third-order valence-electron chi connectivity index (χ3n) is 3.63. The van der Waals surface area contributed by atoms with E-state index in [1.54, 1.807) is 0 Å². The number of urea groups is 1. The smallest absolute Gasteiger partial charge is 0.315 e. The Morgan fingerprint density at radius 3 is 2.78 bits per heavy atom. The third kappa shape index (κ3) is 4.69. The van der Waals surface area contributed by atoms with Crippen LogP contribution in [0.25, 0.3) is 0 Å². The average molecular weight is 254 g/mol. The van der Waals surface area contributed by atoms with Gasteiger partial charge in [-0.05, 0) is 51.9 Å². The normalized spacial score (nSPS) is 19.7. The molecule has 1 fully saturated rings. The fraction of sp³-hybridized carbons (Fsp3) is 0.786. The number of aliphatic hydroxyl groups excluding tert-OH is 1. The Labute approximate surface area is 110 Å². The zero-order valence-corrected chi connectivity index (χ0v) is 11.5. The van der Waals surface area contributed by atoms with Gasteiger partial charge in [0.2, 0.25) is 0 Å². The Kier molecular flexibility index (Phi) is 5.66. The zero-order chi connectivity index (χ0) is 13.6. The van der Waals surface area contributed by atoms with Gasteiger partial charge in [-0.15, -0.1) is 6.58 Å². The van der Waals surface area contributed by atoms with Gasteiger partial charge in [0.1, 0.15) is 0 Å². The fourth-order valence-corrected chi connectivity index (χ4v) is 2.15. The molecule has 0 radical (unpaired) electrons. The summed E-state index contributed by atoms with van der Waals surface area (Å²) in [4.78, 5) is 11.8. The molecule has 2 atom stereocenters. The molecule has 1 saturated carbocycles. The van der Waals surface area contributed by atoms with E-state index in [4.69, 9.17) is 0 Å². The van der Waals surface area contributed by atoms with Gasteiger partial charge in [-0.2, -0.15) is 0 Å². The topological polar surface area (TPSA) is 61.4 Å². The molecule has 2 amide bonds. The van der Waals surface area contributed by atoms with E-state index in [1.807, 2.05) is 19.9 Å². The number of allylic oxidation sites excluding steroid dienone is 1. The van der Waals surface area contributed by atoms with E-state index in [0.29, 0.717) is 5.92 Å². The summed E-state index contributed by atoms with van der Waals surface area (Å²) in [7, 11) is 0. The van der Waals surface area contributed by atoms with Crippen LogP contribution in [0.5, 0.6) is 0 Å². The average Bonchev–Trinajstić information content (AvgIpc) is 3.13. The molecule has 18 heavy (non-hydrogen) atoms. The number of rotatable bonds is 8. The van der Waals surface area contributed by atoms with Crippen LogP contribution in [0.15, 0.2) is 12.7 Å². The Bertz CT molecular complexity index is 290. The van der Waals surface area contributed by atoms with Crippen molar-refractivity contribution >= 4 is 6.03 Å². The van der Waals surface area contributed by atoms with Gasteiger partial charge in [-0.1, -0.05) is 6.08 Å². The van der Waals surface area contributed by atoms with Gasteiger partial charge in [-0.25, -0.2) is 4.79 Å². The summed E-state index contributed by atoms with van der Waals surface area (Å²) in [5, 5.41) is 15.2. The SMILES string of the molecule is C=CCCCC(C)NC(=O)NC(C)(CO)C1CC1.